The van der Waals surface area contributed by atoms with Crippen molar-refractivity contribution in [1.29, 1.82) is 0 Å². The number of allylic oxidation sites excluding steroid dienone is 4. The van der Waals surface area contributed by atoms with Gasteiger partial charge in [-0.2, -0.15) is 0 Å². The minimum Gasteiger partial charge on any atom is -0.208 e. The van der Waals surface area contributed by atoms with Crippen molar-refractivity contribution in [3.8, 4) is 0 Å². The van der Waals surface area contributed by atoms with Crippen molar-refractivity contribution in [3.63, 3.8) is 0 Å². The lowest BCUT2D eigenvalue weighted by Crippen LogP contribution is -2.13. The summed E-state index contributed by atoms with van der Waals surface area (Å²) in [5.41, 5.74) is 3.09. The molecular formula is C11H18BF. The fourth-order valence-electron chi connectivity index (χ4n) is 2.08. The highest BCUT2D eigenvalue weighted by atomic mass is 19.1. The van der Waals surface area contributed by atoms with Gasteiger partial charge in [0.15, 0.2) is 0 Å². The average molecular weight is 180 g/mol. The van der Waals surface area contributed by atoms with Crippen LogP contribution in [0.5, 0.6) is 0 Å². The number of rotatable bonds is 1. The van der Waals surface area contributed by atoms with Gasteiger partial charge in [-0.3, -0.25) is 0 Å². The molecule has 0 heterocycles. The van der Waals surface area contributed by atoms with Crippen LogP contribution in [0.4, 0.5) is 4.39 Å². The van der Waals surface area contributed by atoms with Crippen molar-refractivity contribution in [1.82, 2.24) is 0 Å². The van der Waals surface area contributed by atoms with Gasteiger partial charge in [0.05, 0.1) is 0 Å². The van der Waals surface area contributed by atoms with Crippen molar-refractivity contribution < 1.29 is 4.39 Å². The second-order valence-electron chi connectivity index (χ2n) is 4.45. The molecule has 0 spiro atoms. The molecule has 13 heavy (non-hydrogen) atoms. The zero-order valence-electron chi connectivity index (χ0n) is 9.24. The third-order valence-corrected chi connectivity index (χ3v) is 2.97. The second kappa shape index (κ2) is 3.69. The normalized spacial score (nSPS) is 24.6. The summed E-state index contributed by atoms with van der Waals surface area (Å²) in [6.07, 6.45) is 1.02. The lowest BCUT2D eigenvalue weighted by molar-refractivity contribution is 0.543. The maximum Gasteiger partial charge on any atom is 0.138 e. The predicted molar refractivity (Wildman–Crippen MR) is 58.0 cm³/mol. The van der Waals surface area contributed by atoms with E-state index in [4.69, 9.17) is 0 Å². The van der Waals surface area contributed by atoms with Crippen molar-refractivity contribution in [2.45, 2.75) is 34.1 Å². The summed E-state index contributed by atoms with van der Waals surface area (Å²) in [6.45, 7) is 8.26. The summed E-state index contributed by atoms with van der Waals surface area (Å²) in [7, 11) is 1.91. The SMILES string of the molecule is BC1=C(F)C(C(C)C)=C(C)CC1C. The highest BCUT2D eigenvalue weighted by molar-refractivity contribution is 6.22. The van der Waals surface area contributed by atoms with E-state index in [0.717, 1.165) is 17.5 Å². The highest BCUT2D eigenvalue weighted by Gasteiger charge is 2.23. The molecule has 0 nitrogen and oxygen atoms in total. The largest absolute Gasteiger partial charge is 0.208 e. The van der Waals surface area contributed by atoms with Gasteiger partial charge < -0.3 is 0 Å². The Bertz CT molecular complexity index is 274. The average Bonchev–Trinajstić information content (AvgIpc) is 1.99. The van der Waals surface area contributed by atoms with Crippen LogP contribution in [0.25, 0.3) is 0 Å². The Labute approximate surface area is 81.3 Å². The maximum atomic E-state index is 13.8. The molecule has 2 heteroatoms. The van der Waals surface area contributed by atoms with Crippen LogP contribution >= 0.6 is 0 Å². The second-order valence-corrected chi connectivity index (χ2v) is 4.45. The van der Waals surface area contributed by atoms with Crippen LogP contribution in [-0.4, -0.2) is 7.85 Å². The molecule has 1 atom stereocenters. The highest BCUT2D eigenvalue weighted by Crippen LogP contribution is 2.36. The van der Waals surface area contributed by atoms with E-state index in [1.807, 2.05) is 7.85 Å². The van der Waals surface area contributed by atoms with Gasteiger partial charge in [-0.1, -0.05) is 31.8 Å². The van der Waals surface area contributed by atoms with E-state index in [2.05, 4.69) is 27.7 Å². The minimum absolute atomic E-state index is 0.0475. The van der Waals surface area contributed by atoms with E-state index in [0.29, 0.717) is 11.8 Å². The molecule has 1 unspecified atom stereocenters. The van der Waals surface area contributed by atoms with Crippen LogP contribution in [-0.2, 0) is 0 Å². The van der Waals surface area contributed by atoms with Gasteiger partial charge in [-0.05, 0) is 30.8 Å². The summed E-state index contributed by atoms with van der Waals surface area (Å²) >= 11 is 0. The fourth-order valence-corrected chi connectivity index (χ4v) is 2.08. The zero-order chi connectivity index (χ0) is 10.2. The summed E-state index contributed by atoms with van der Waals surface area (Å²) in [5.74, 6) is 0.733. The first-order valence-electron chi connectivity index (χ1n) is 5.01. The van der Waals surface area contributed by atoms with Crippen LogP contribution in [0.2, 0.25) is 0 Å². The van der Waals surface area contributed by atoms with Crippen molar-refractivity contribution in [3.05, 3.63) is 22.4 Å². The molecule has 0 bridgehead atoms. The molecule has 0 aromatic carbocycles. The quantitative estimate of drug-likeness (QED) is 0.544. The van der Waals surface area contributed by atoms with Gasteiger partial charge in [-0.15, -0.1) is 0 Å². The van der Waals surface area contributed by atoms with Crippen LogP contribution in [0.3, 0.4) is 0 Å². The van der Waals surface area contributed by atoms with Gasteiger partial charge in [0.1, 0.15) is 13.7 Å². The first-order valence-corrected chi connectivity index (χ1v) is 5.01. The van der Waals surface area contributed by atoms with Gasteiger partial charge >= 0.3 is 0 Å². The first kappa shape index (κ1) is 10.6. The van der Waals surface area contributed by atoms with Crippen molar-refractivity contribution in [2.24, 2.45) is 11.8 Å². The van der Waals surface area contributed by atoms with Crippen molar-refractivity contribution >= 4 is 7.85 Å². The Morgan fingerprint density at radius 2 is 2.00 bits per heavy atom. The monoisotopic (exact) mass is 180 g/mol. The van der Waals surface area contributed by atoms with E-state index in [9.17, 15) is 4.39 Å². The van der Waals surface area contributed by atoms with Crippen LogP contribution < -0.4 is 0 Å². The fraction of sp³-hybridized carbons (Fsp3) is 0.636. The third kappa shape index (κ3) is 1.87. The smallest absolute Gasteiger partial charge is 0.138 e. The summed E-state index contributed by atoms with van der Waals surface area (Å²) in [6, 6.07) is 0. The molecule has 1 aliphatic rings. The summed E-state index contributed by atoms with van der Waals surface area (Å²) in [5, 5.41) is 0. The predicted octanol–water partition coefficient (Wildman–Crippen LogP) is 2.81. The van der Waals surface area contributed by atoms with E-state index in [-0.39, 0.29) is 5.83 Å². The van der Waals surface area contributed by atoms with E-state index in [1.165, 1.54) is 5.57 Å². The minimum atomic E-state index is 0.0475. The third-order valence-electron chi connectivity index (χ3n) is 2.97. The molecule has 0 saturated carbocycles. The topological polar surface area (TPSA) is 0 Å². The first-order chi connectivity index (χ1) is 5.95. The van der Waals surface area contributed by atoms with Gasteiger partial charge in [0.25, 0.3) is 0 Å². The molecule has 0 aromatic heterocycles. The van der Waals surface area contributed by atoms with Gasteiger partial charge in [0, 0.05) is 0 Å². The molecule has 0 aromatic rings. The lowest BCUT2D eigenvalue weighted by Gasteiger charge is -2.26. The van der Waals surface area contributed by atoms with Crippen LogP contribution in [0.15, 0.2) is 22.4 Å². The molecule has 0 N–H and O–H groups in total. The van der Waals surface area contributed by atoms with Gasteiger partial charge in [0.2, 0.25) is 0 Å². The van der Waals surface area contributed by atoms with E-state index < -0.39 is 0 Å². The Morgan fingerprint density at radius 3 is 2.46 bits per heavy atom. The molecule has 1 aliphatic carbocycles. The van der Waals surface area contributed by atoms with Crippen LogP contribution in [0, 0.1) is 11.8 Å². The van der Waals surface area contributed by atoms with E-state index >= 15 is 0 Å². The Kier molecular flexibility index (Phi) is 3.00. The molecule has 72 valence electrons. The Hall–Kier alpha value is -0.525. The van der Waals surface area contributed by atoms with Crippen molar-refractivity contribution in [2.75, 3.05) is 0 Å². The standard InChI is InChI=1S/C11H18BF/c1-6(2)9-7(3)5-8(4)10(12)11(9)13/h6,8H,5,12H2,1-4H3. The number of halogens is 1. The summed E-state index contributed by atoms with van der Waals surface area (Å²) in [4.78, 5) is 0. The molecule has 0 radical (unpaired) electrons. The molecule has 1 rings (SSSR count). The maximum absolute atomic E-state index is 13.8. The van der Waals surface area contributed by atoms with Gasteiger partial charge in [-0.25, -0.2) is 4.39 Å². The van der Waals surface area contributed by atoms with Crippen LogP contribution in [0.1, 0.15) is 34.1 Å². The Morgan fingerprint density at radius 1 is 1.46 bits per heavy atom. The molecule has 0 fully saturated rings. The molecular weight excluding hydrogens is 162 g/mol. The summed E-state index contributed by atoms with van der Waals surface area (Å²) < 4.78 is 13.8. The Balaban J connectivity index is 3.13. The molecule has 0 amide bonds. The van der Waals surface area contributed by atoms with E-state index in [1.54, 1.807) is 0 Å². The zero-order valence-corrected chi connectivity index (χ0v) is 9.24. The molecule has 0 aliphatic heterocycles. The number of hydrogen-bond acceptors (Lipinski definition) is 0. The lowest BCUT2D eigenvalue weighted by atomic mass is 9.73. The number of hydrogen-bond donors (Lipinski definition) is 0. The molecule has 0 saturated heterocycles.